The van der Waals surface area contributed by atoms with E-state index in [1.54, 1.807) is 0 Å². The average molecular weight is 416 g/mol. The highest BCUT2D eigenvalue weighted by atomic mass is 35.5. The van der Waals surface area contributed by atoms with E-state index in [0.717, 1.165) is 50.0 Å². The van der Waals surface area contributed by atoms with Crippen LogP contribution in [-0.2, 0) is 38.6 Å². The molecule has 5 nitrogen and oxygen atoms in total. The molecule has 2 aliphatic rings. The third kappa shape index (κ3) is 5.82. The third-order valence-corrected chi connectivity index (χ3v) is 6.69. The van der Waals surface area contributed by atoms with Crippen LogP contribution >= 0.6 is 11.6 Å². The van der Waals surface area contributed by atoms with Crippen LogP contribution < -0.4 is 4.72 Å². The molecule has 1 aromatic carbocycles. The fourth-order valence-electron chi connectivity index (χ4n) is 3.41. The number of rotatable bonds is 6. The van der Waals surface area contributed by atoms with Gasteiger partial charge in [-0.1, -0.05) is 11.6 Å². The second kappa shape index (κ2) is 9.44. The normalized spacial score (nSPS) is 20.9. The summed E-state index contributed by atoms with van der Waals surface area (Å²) in [6, 6.07) is 3.90. The Hall–Kier alpha value is -0.340. The van der Waals surface area contributed by atoms with Crippen LogP contribution in [0.25, 0.3) is 0 Å². The van der Waals surface area contributed by atoms with E-state index in [4.69, 9.17) is 25.8 Å². The molecule has 2 heterocycles. The summed E-state index contributed by atoms with van der Waals surface area (Å²) in [5.74, 6) is 0. The molecule has 0 aliphatic carbocycles. The monoisotopic (exact) mass is 415 g/mol. The Bertz CT molecular complexity index is 631. The van der Waals surface area contributed by atoms with Crippen molar-refractivity contribution >= 4 is 23.0 Å². The summed E-state index contributed by atoms with van der Waals surface area (Å²) in [6.45, 7) is 8.67. The molecule has 2 aliphatic heterocycles. The van der Waals surface area contributed by atoms with Crippen molar-refractivity contribution in [3.05, 3.63) is 33.8 Å². The van der Waals surface area contributed by atoms with Gasteiger partial charge in [-0.3, -0.25) is 0 Å². The first kappa shape index (κ1) is 21.4. The Morgan fingerprint density at radius 1 is 1.26 bits per heavy atom. The minimum absolute atomic E-state index is 0.0789. The van der Waals surface area contributed by atoms with Gasteiger partial charge < -0.3 is 18.8 Å². The Labute approximate surface area is 170 Å². The van der Waals surface area contributed by atoms with Gasteiger partial charge in [0.1, 0.15) is 4.75 Å². The molecule has 2 atom stereocenters. The summed E-state index contributed by atoms with van der Waals surface area (Å²) >= 11 is 5.20. The van der Waals surface area contributed by atoms with Crippen molar-refractivity contribution in [2.45, 2.75) is 70.1 Å². The first-order valence-electron chi connectivity index (χ1n) is 9.65. The van der Waals surface area contributed by atoms with Crippen molar-refractivity contribution in [2.24, 2.45) is 0 Å². The van der Waals surface area contributed by atoms with E-state index in [1.165, 1.54) is 5.56 Å². The van der Waals surface area contributed by atoms with Crippen molar-refractivity contribution < 1.29 is 18.8 Å². The van der Waals surface area contributed by atoms with Crippen LogP contribution in [-0.4, -0.2) is 35.4 Å². The molecule has 0 amide bonds. The predicted octanol–water partition coefficient (Wildman–Crippen LogP) is 4.05. The van der Waals surface area contributed by atoms with E-state index in [0.29, 0.717) is 18.2 Å². The molecule has 0 aromatic heterocycles. The minimum atomic E-state index is -1.19. The van der Waals surface area contributed by atoms with E-state index in [-0.39, 0.29) is 17.1 Å². The van der Waals surface area contributed by atoms with Crippen molar-refractivity contribution in [1.29, 1.82) is 0 Å². The fourth-order valence-corrected chi connectivity index (χ4v) is 4.51. The predicted molar refractivity (Wildman–Crippen MR) is 108 cm³/mol. The number of ether oxygens (including phenoxy) is 3. The molecule has 3 rings (SSSR count). The minimum Gasteiger partial charge on any atom is -0.598 e. The van der Waals surface area contributed by atoms with Crippen molar-refractivity contribution in [1.82, 2.24) is 4.72 Å². The van der Waals surface area contributed by atoms with Crippen LogP contribution in [0.4, 0.5) is 0 Å². The molecule has 27 heavy (non-hydrogen) atoms. The Morgan fingerprint density at radius 2 is 2.00 bits per heavy atom. The van der Waals surface area contributed by atoms with E-state index >= 15 is 0 Å². The van der Waals surface area contributed by atoms with Gasteiger partial charge in [0.15, 0.2) is 6.29 Å². The van der Waals surface area contributed by atoms with Crippen LogP contribution in [0.1, 0.15) is 62.8 Å². The van der Waals surface area contributed by atoms with Crippen LogP contribution in [0, 0.1) is 0 Å². The third-order valence-electron chi connectivity index (χ3n) is 4.86. The van der Waals surface area contributed by atoms with Gasteiger partial charge in [0.2, 0.25) is 0 Å². The van der Waals surface area contributed by atoms with E-state index in [2.05, 4.69) is 4.72 Å². The summed E-state index contributed by atoms with van der Waals surface area (Å²) in [5, 5.41) is 0.688. The highest BCUT2D eigenvalue weighted by Crippen LogP contribution is 2.33. The number of nitrogens with one attached hydrogen (secondary N) is 1. The van der Waals surface area contributed by atoms with E-state index in [1.807, 2.05) is 32.9 Å². The van der Waals surface area contributed by atoms with Gasteiger partial charge in [-0.2, -0.15) is 0 Å². The molecular formula is C20H30ClNO4S. The van der Waals surface area contributed by atoms with Gasteiger partial charge in [-0.15, -0.1) is 4.72 Å². The van der Waals surface area contributed by atoms with E-state index < -0.39 is 11.4 Å². The van der Waals surface area contributed by atoms with Gasteiger partial charge in [-0.05, 0) is 68.9 Å². The van der Waals surface area contributed by atoms with Gasteiger partial charge in [-0.25, -0.2) is 0 Å². The highest BCUT2D eigenvalue weighted by Gasteiger charge is 2.32. The van der Waals surface area contributed by atoms with Crippen LogP contribution in [0.3, 0.4) is 0 Å². The molecule has 1 N–H and O–H groups in total. The standard InChI is InChI=1S/C20H30ClNO4S/c1-20(2,3)27(23)22-18(5-6-19-25-8-4-9-26-19)17-12-15(21)11-14-13-24-10-7-16(14)17/h11-12,18-19,22H,4-10,13H2,1-3H3/t18-,27-/m0/s1. The largest absolute Gasteiger partial charge is 0.598 e. The lowest BCUT2D eigenvalue weighted by atomic mass is 9.91. The fraction of sp³-hybridized carbons (Fsp3) is 0.700. The molecule has 0 radical (unpaired) electrons. The second-order valence-electron chi connectivity index (χ2n) is 8.09. The number of halogens is 1. The average Bonchev–Trinajstić information content (AvgIpc) is 2.64. The first-order valence-corrected chi connectivity index (χ1v) is 11.2. The number of hydrogen-bond acceptors (Lipinski definition) is 5. The van der Waals surface area contributed by atoms with E-state index in [9.17, 15) is 4.55 Å². The Kier molecular flexibility index (Phi) is 7.47. The zero-order valence-electron chi connectivity index (χ0n) is 16.4. The van der Waals surface area contributed by atoms with Crippen LogP contribution in [0.5, 0.6) is 0 Å². The molecule has 1 saturated heterocycles. The van der Waals surface area contributed by atoms with Crippen molar-refractivity contribution in [3.8, 4) is 0 Å². The number of hydrogen-bond donors (Lipinski definition) is 1. The molecule has 1 fully saturated rings. The van der Waals surface area contributed by atoms with Gasteiger partial charge in [0.25, 0.3) is 0 Å². The van der Waals surface area contributed by atoms with Gasteiger partial charge in [0.05, 0.1) is 32.5 Å². The smallest absolute Gasteiger partial charge is 0.157 e. The summed E-state index contributed by atoms with van der Waals surface area (Å²) in [4.78, 5) is 0. The van der Waals surface area contributed by atoms with Crippen molar-refractivity contribution in [2.75, 3.05) is 19.8 Å². The quantitative estimate of drug-likeness (QED) is 0.710. The zero-order chi connectivity index (χ0) is 19.4. The topological polar surface area (TPSA) is 62.8 Å². The van der Waals surface area contributed by atoms with Crippen LogP contribution in [0.15, 0.2) is 12.1 Å². The zero-order valence-corrected chi connectivity index (χ0v) is 18.0. The molecule has 0 saturated carbocycles. The molecule has 152 valence electrons. The summed E-state index contributed by atoms with van der Waals surface area (Å²) in [6.07, 6.45) is 3.10. The molecule has 7 heteroatoms. The summed E-state index contributed by atoms with van der Waals surface area (Å²) in [5.41, 5.74) is 3.51. The lowest BCUT2D eigenvalue weighted by molar-refractivity contribution is -0.182. The SMILES string of the molecule is CC(C)(C)[S@+]([O-])N[C@@H](CCC1OCCCO1)c1cc(Cl)cc2c1CCOC2. The Balaban J connectivity index is 1.83. The lowest BCUT2D eigenvalue weighted by Crippen LogP contribution is -2.42. The van der Waals surface area contributed by atoms with Crippen LogP contribution in [0.2, 0.25) is 5.02 Å². The van der Waals surface area contributed by atoms with Gasteiger partial charge >= 0.3 is 0 Å². The maximum absolute atomic E-state index is 12.8. The molecule has 0 bridgehead atoms. The van der Waals surface area contributed by atoms with Crippen molar-refractivity contribution in [3.63, 3.8) is 0 Å². The highest BCUT2D eigenvalue weighted by molar-refractivity contribution is 7.90. The molecule has 0 spiro atoms. The second-order valence-corrected chi connectivity index (χ2v) is 10.5. The number of fused-ring (bicyclic) bond motifs is 1. The lowest BCUT2D eigenvalue weighted by Gasteiger charge is -2.31. The Morgan fingerprint density at radius 3 is 2.70 bits per heavy atom. The number of benzene rings is 1. The molecule has 0 unspecified atom stereocenters. The van der Waals surface area contributed by atoms with Gasteiger partial charge in [0, 0.05) is 22.8 Å². The maximum Gasteiger partial charge on any atom is 0.157 e. The molecular weight excluding hydrogens is 386 g/mol. The summed E-state index contributed by atoms with van der Waals surface area (Å²) < 4.78 is 32.8. The molecule has 1 aromatic rings. The maximum atomic E-state index is 12.8. The first-order chi connectivity index (χ1) is 12.8. The summed E-state index contributed by atoms with van der Waals surface area (Å²) in [7, 11) is 0.